The van der Waals surface area contributed by atoms with Crippen molar-refractivity contribution in [1.82, 2.24) is 4.98 Å². The number of nitrogens with zero attached hydrogens (tertiary/aromatic N) is 2. The minimum absolute atomic E-state index is 0.00258. The predicted molar refractivity (Wildman–Crippen MR) is 93.5 cm³/mol. The Kier molecular flexibility index (Phi) is 4.44. The number of rotatable bonds is 3. The summed E-state index contributed by atoms with van der Waals surface area (Å²) in [6.45, 7) is 1.88. The van der Waals surface area contributed by atoms with Gasteiger partial charge in [0.15, 0.2) is 0 Å². The van der Waals surface area contributed by atoms with Gasteiger partial charge in [-0.3, -0.25) is 0 Å². The lowest BCUT2D eigenvalue weighted by atomic mass is 9.90. The molecule has 0 amide bonds. The summed E-state index contributed by atoms with van der Waals surface area (Å²) in [5, 5.41) is 9.52. The molecule has 25 heavy (non-hydrogen) atoms. The van der Waals surface area contributed by atoms with Gasteiger partial charge in [-0.1, -0.05) is 37.3 Å². The number of nitrogen functional groups attached to an aromatic ring is 1. The Morgan fingerprint density at radius 2 is 1.84 bits per heavy atom. The van der Waals surface area contributed by atoms with E-state index in [1.807, 2.05) is 43.3 Å². The highest BCUT2D eigenvalue weighted by atomic mass is 19.1. The van der Waals surface area contributed by atoms with E-state index in [2.05, 4.69) is 4.98 Å². The summed E-state index contributed by atoms with van der Waals surface area (Å²) in [4.78, 5) is 4.36. The van der Waals surface area contributed by atoms with E-state index >= 15 is 0 Å². The number of halogens is 2. The van der Waals surface area contributed by atoms with E-state index in [9.17, 15) is 14.0 Å². The third kappa shape index (κ3) is 2.94. The van der Waals surface area contributed by atoms with Crippen molar-refractivity contribution in [3.05, 3.63) is 71.3 Å². The minimum atomic E-state index is -0.614. The second kappa shape index (κ2) is 6.70. The Morgan fingerprint density at radius 3 is 2.48 bits per heavy atom. The smallest absolute Gasteiger partial charge is 0.142 e. The number of benzene rings is 2. The molecule has 0 aliphatic rings. The molecule has 0 aliphatic heterocycles. The van der Waals surface area contributed by atoms with Gasteiger partial charge in [0.25, 0.3) is 0 Å². The topological polar surface area (TPSA) is 62.7 Å². The summed E-state index contributed by atoms with van der Waals surface area (Å²) in [6, 6.07) is 14.5. The molecule has 2 aromatic carbocycles. The lowest BCUT2D eigenvalue weighted by Crippen LogP contribution is -2.06. The monoisotopic (exact) mass is 335 g/mol. The Bertz CT molecular complexity index is 976. The highest BCUT2D eigenvalue weighted by Crippen LogP contribution is 2.37. The zero-order valence-corrected chi connectivity index (χ0v) is 13.6. The predicted octanol–water partition coefficient (Wildman–Crippen LogP) is 4.71. The molecule has 3 rings (SSSR count). The average molecular weight is 335 g/mol. The van der Waals surface area contributed by atoms with E-state index in [1.54, 1.807) is 0 Å². The number of hydrogen-bond donors (Lipinski definition) is 1. The van der Waals surface area contributed by atoms with Crippen LogP contribution in [0.15, 0.2) is 48.5 Å². The van der Waals surface area contributed by atoms with Gasteiger partial charge in [-0.2, -0.15) is 5.26 Å². The lowest BCUT2D eigenvalue weighted by molar-refractivity contribution is 0.603. The van der Waals surface area contributed by atoms with Crippen LogP contribution in [-0.4, -0.2) is 4.98 Å². The summed E-state index contributed by atoms with van der Waals surface area (Å²) >= 11 is 0. The molecule has 1 heterocycles. The summed E-state index contributed by atoms with van der Waals surface area (Å²) < 4.78 is 28.1. The number of nitrogens with two attached hydrogens (primary N) is 1. The molecule has 124 valence electrons. The maximum atomic E-state index is 14.4. The summed E-state index contributed by atoms with van der Waals surface area (Å²) in [6.07, 6.45) is 0.484. The Morgan fingerprint density at radius 1 is 1.12 bits per heavy atom. The van der Waals surface area contributed by atoms with Gasteiger partial charge in [0.05, 0.1) is 5.69 Å². The largest absolute Gasteiger partial charge is 0.383 e. The average Bonchev–Trinajstić information content (AvgIpc) is 2.63. The number of anilines is 1. The molecule has 1 aromatic heterocycles. The maximum Gasteiger partial charge on any atom is 0.142 e. The normalized spacial score (nSPS) is 10.5. The first-order chi connectivity index (χ1) is 12.1. The van der Waals surface area contributed by atoms with Crippen molar-refractivity contribution in [1.29, 1.82) is 5.26 Å². The molecule has 0 unspecified atom stereocenters. The number of nitriles is 1. The molecule has 0 fully saturated rings. The highest BCUT2D eigenvalue weighted by molar-refractivity contribution is 5.84. The van der Waals surface area contributed by atoms with Crippen LogP contribution in [0, 0.1) is 23.0 Å². The standard InChI is InChI=1S/C20H15F2N3/c1-2-14-18(15-10-13(21)8-9-17(15)22)16(11-23)20(24)25-19(14)12-6-4-3-5-7-12/h3-10H,2H2,1H3,(H2,24,25). The first kappa shape index (κ1) is 16.6. The molecular weight excluding hydrogens is 320 g/mol. The molecule has 0 bridgehead atoms. The fourth-order valence-corrected chi connectivity index (χ4v) is 2.92. The summed E-state index contributed by atoms with van der Waals surface area (Å²) in [5.74, 6) is -1.20. The van der Waals surface area contributed by atoms with Crippen LogP contribution < -0.4 is 5.73 Å². The SMILES string of the molecule is CCc1c(-c2ccccc2)nc(N)c(C#N)c1-c1cc(F)ccc1F. The van der Waals surface area contributed by atoms with Gasteiger partial charge in [-0.05, 0) is 30.2 Å². The van der Waals surface area contributed by atoms with Gasteiger partial charge < -0.3 is 5.73 Å². The second-order valence-corrected chi connectivity index (χ2v) is 5.53. The van der Waals surface area contributed by atoms with Crippen LogP contribution in [0.3, 0.4) is 0 Å². The summed E-state index contributed by atoms with van der Waals surface area (Å²) in [5.41, 5.74) is 8.36. The minimum Gasteiger partial charge on any atom is -0.383 e. The zero-order valence-electron chi connectivity index (χ0n) is 13.6. The maximum absolute atomic E-state index is 14.4. The van der Waals surface area contributed by atoms with Crippen molar-refractivity contribution in [2.45, 2.75) is 13.3 Å². The highest BCUT2D eigenvalue weighted by Gasteiger charge is 2.22. The number of aromatic nitrogens is 1. The van der Waals surface area contributed by atoms with E-state index in [-0.39, 0.29) is 16.9 Å². The van der Waals surface area contributed by atoms with Gasteiger partial charge in [-0.25, -0.2) is 13.8 Å². The molecule has 3 aromatic rings. The molecule has 5 heteroatoms. The van der Waals surface area contributed by atoms with Crippen molar-refractivity contribution in [3.8, 4) is 28.5 Å². The van der Waals surface area contributed by atoms with Crippen LogP contribution in [0.1, 0.15) is 18.1 Å². The van der Waals surface area contributed by atoms with Crippen molar-refractivity contribution >= 4 is 5.82 Å². The van der Waals surface area contributed by atoms with E-state index in [4.69, 9.17) is 5.73 Å². The van der Waals surface area contributed by atoms with E-state index in [0.29, 0.717) is 23.2 Å². The van der Waals surface area contributed by atoms with Crippen molar-refractivity contribution in [2.75, 3.05) is 5.73 Å². The van der Waals surface area contributed by atoms with Crippen LogP contribution in [0.5, 0.6) is 0 Å². The van der Waals surface area contributed by atoms with Gasteiger partial charge >= 0.3 is 0 Å². The summed E-state index contributed by atoms with van der Waals surface area (Å²) in [7, 11) is 0. The lowest BCUT2D eigenvalue weighted by Gasteiger charge is -2.17. The van der Waals surface area contributed by atoms with Crippen LogP contribution in [0.25, 0.3) is 22.4 Å². The van der Waals surface area contributed by atoms with Gasteiger partial charge in [0, 0.05) is 16.7 Å². The third-order valence-corrected chi connectivity index (χ3v) is 4.04. The molecule has 2 N–H and O–H groups in total. The fourth-order valence-electron chi connectivity index (χ4n) is 2.92. The van der Waals surface area contributed by atoms with Gasteiger partial charge in [0.2, 0.25) is 0 Å². The van der Waals surface area contributed by atoms with Crippen LogP contribution >= 0.6 is 0 Å². The Labute approximate surface area is 144 Å². The third-order valence-electron chi connectivity index (χ3n) is 4.04. The number of hydrogen-bond acceptors (Lipinski definition) is 3. The molecule has 3 nitrogen and oxygen atoms in total. The second-order valence-electron chi connectivity index (χ2n) is 5.53. The van der Waals surface area contributed by atoms with E-state index in [1.165, 1.54) is 0 Å². The molecule has 0 atom stereocenters. The molecule has 0 saturated carbocycles. The van der Waals surface area contributed by atoms with E-state index in [0.717, 1.165) is 23.8 Å². The van der Waals surface area contributed by atoms with Crippen LogP contribution in [0.2, 0.25) is 0 Å². The van der Waals surface area contributed by atoms with Crippen molar-refractivity contribution in [2.24, 2.45) is 0 Å². The first-order valence-corrected chi connectivity index (χ1v) is 7.80. The molecule has 0 radical (unpaired) electrons. The molecular formula is C20H15F2N3. The molecule has 0 saturated heterocycles. The van der Waals surface area contributed by atoms with Crippen LogP contribution in [0.4, 0.5) is 14.6 Å². The van der Waals surface area contributed by atoms with Gasteiger partial charge in [0.1, 0.15) is 29.1 Å². The molecule has 0 spiro atoms. The van der Waals surface area contributed by atoms with Crippen LogP contribution in [-0.2, 0) is 6.42 Å². The Hall–Kier alpha value is -3.26. The zero-order chi connectivity index (χ0) is 18.0. The fraction of sp³-hybridized carbons (Fsp3) is 0.100. The quantitative estimate of drug-likeness (QED) is 0.754. The van der Waals surface area contributed by atoms with Gasteiger partial charge in [-0.15, -0.1) is 0 Å². The number of pyridine rings is 1. The Balaban J connectivity index is 2.43. The van der Waals surface area contributed by atoms with Crippen molar-refractivity contribution in [3.63, 3.8) is 0 Å². The van der Waals surface area contributed by atoms with E-state index < -0.39 is 11.6 Å². The first-order valence-electron chi connectivity index (χ1n) is 7.80. The molecule has 0 aliphatic carbocycles. The van der Waals surface area contributed by atoms with Crippen molar-refractivity contribution < 1.29 is 8.78 Å².